The van der Waals surface area contributed by atoms with Gasteiger partial charge in [-0.2, -0.15) is 9.67 Å². The molecule has 1 amide bonds. The zero-order valence-electron chi connectivity index (χ0n) is 17.1. The standard InChI is InChI=1S/C21H24FN7O2/c22-16-13-23-21(25-19(16)29-18-4-2-1-3-17(18)26-27-29)24-15-7-5-14(6-8-15)20(30)28-9-11-31-12-10-28/h1-4,13-15H,5-12H2,(H,23,24,25). The first-order valence-electron chi connectivity index (χ1n) is 10.7. The smallest absolute Gasteiger partial charge is 0.225 e. The van der Waals surface area contributed by atoms with Crippen molar-refractivity contribution in [1.29, 1.82) is 0 Å². The lowest BCUT2D eigenvalue weighted by atomic mass is 9.85. The summed E-state index contributed by atoms with van der Waals surface area (Å²) < 4.78 is 21.2. The summed E-state index contributed by atoms with van der Waals surface area (Å²) in [7, 11) is 0. The van der Waals surface area contributed by atoms with Crippen LogP contribution in [0.3, 0.4) is 0 Å². The number of nitrogens with one attached hydrogen (secondary N) is 1. The highest BCUT2D eigenvalue weighted by Gasteiger charge is 2.30. The third-order valence-corrected chi connectivity index (χ3v) is 6.01. The SMILES string of the molecule is O=C(C1CCC(Nc2ncc(F)c(-n3nnc4ccccc43)n2)CC1)N1CCOCC1. The number of carbonyl (C=O) groups is 1. The number of rotatable bonds is 4. The average Bonchev–Trinajstić information content (AvgIpc) is 3.25. The van der Waals surface area contributed by atoms with E-state index in [2.05, 4.69) is 25.6 Å². The van der Waals surface area contributed by atoms with Crippen molar-refractivity contribution in [2.24, 2.45) is 5.92 Å². The van der Waals surface area contributed by atoms with Crippen LogP contribution in [-0.4, -0.2) is 68.1 Å². The molecule has 3 aromatic rings. The molecule has 0 unspecified atom stereocenters. The zero-order chi connectivity index (χ0) is 21.2. The lowest BCUT2D eigenvalue weighted by Crippen LogP contribution is -2.45. The van der Waals surface area contributed by atoms with E-state index in [9.17, 15) is 9.18 Å². The number of fused-ring (bicyclic) bond motifs is 1. The molecule has 1 aromatic carbocycles. The Morgan fingerprint density at radius 2 is 1.90 bits per heavy atom. The summed E-state index contributed by atoms with van der Waals surface area (Å²) in [5, 5.41) is 11.4. The highest BCUT2D eigenvalue weighted by atomic mass is 19.1. The summed E-state index contributed by atoms with van der Waals surface area (Å²) in [4.78, 5) is 23.1. The number of nitrogens with zero attached hydrogens (tertiary/aromatic N) is 6. The van der Waals surface area contributed by atoms with Crippen molar-refractivity contribution in [2.45, 2.75) is 31.7 Å². The number of amides is 1. The molecule has 2 aromatic heterocycles. The average molecular weight is 425 g/mol. The van der Waals surface area contributed by atoms with Crippen molar-refractivity contribution in [3.05, 3.63) is 36.3 Å². The van der Waals surface area contributed by atoms with Crippen LogP contribution in [0.4, 0.5) is 10.3 Å². The van der Waals surface area contributed by atoms with Gasteiger partial charge in [0, 0.05) is 25.0 Å². The molecular formula is C21H24FN7O2. The van der Waals surface area contributed by atoms with Crippen LogP contribution in [0.1, 0.15) is 25.7 Å². The molecule has 10 heteroatoms. The van der Waals surface area contributed by atoms with Gasteiger partial charge in [0.25, 0.3) is 0 Å². The molecular weight excluding hydrogens is 401 g/mol. The van der Waals surface area contributed by atoms with Crippen LogP contribution in [0.25, 0.3) is 16.9 Å². The molecule has 2 fully saturated rings. The Kier molecular flexibility index (Phi) is 5.46. The number of ether oxygens (including phenoxy) is 1. The topological polar surface area (TPSA) is 98.1 Å². The van der Waals surface area contributed by atoms with Gasteiger partial charge in [-0.15, -0.1) is 5.10 Å². The fourth-order valence-electron chi connectivity index (χ4n) is 4.31. The summed E-state index contributed by atoms with van der Waals surface area (Å²) in [6.07, 6.45) is 4.45. The lowest BCUT2D eigenvalue weighted by Gasteiger charge is -2.34. The van der Waals surface area contributed by atoms with Gasteiger partial charge in [0.15, 0.2) is 11.6 Å². The molecule has 1 aliphatic carbocycles. The molecule has 1 N–H and O–H groups in total. The molecule has 1 aliphatic heterocycles. The lowest BCUT2D eigenvalue weighted by molar-refractivity contribution is -0.140. The van der Waals surface area contributed by atoms with Gasteiger partial charge in [-0.1, -0.05) is 17.3 Å². The number of morpholine rings is 1. The Labute approximate surface area is 178 Å². The van der Waals surface area contributed by atoms with Crippen LogP contribution in [0.5, 0.6) is 0 Å². The second-order valence-electron chi connectivity index (χ2n) is 7.99. The number of anilines is 1. The van der Waals surface area contributed by atoms with Gasteiger partial charge in [-0.25, -0.2) is 9.37 Å². The number of halogens is 1. The van der Waals surface area contributed by atoms with Crippen LogP contribution in [0, 0.1) is 11.7 Å². The van der Waals surface area contributed by atoms with E-state index in [1.165, 1.54) is 4.68 Å². The highest BCUT2D eigenvalue weighted by Crippen LogP contribution is 2.28. The van der Waals surface area contributed by atoms with E-state index in [4.69, 9.17) is 4.74 Å². The number of hydrogen-bond acceptors (Lipinski definition) is 7. The second kappa shape index (κ2) is 8.54. The molecule has 0 spiro atoms. The van der Waals surface area contributed by atoms with Crippen LogP contribution in [0.15, 0.2) is 30.5 Å². The Hall–Kier alpha value is -3.14. The van der Waals surface area contributed by atoms with Gasteiger partial charge >= 0.3 is 0 Å². The predicted molar refractivity (Wildman–Crippen MR) is 111 cm³/mol. The van der Waals surface area contributed by atoms with E-state index < -0.39 is 5.82 Å². The monoisotopic (exact) mass is 425 g/mol. The van der Waals surface area contributed by atoms with E-state index >= 15 is 0 Å². The number of hydrogen-bond donors (Lipinski definition) is 1. The molecule has 5 rings (SSSR count). The molecule has 162 valence electrons. The van der Waals surface area contributed by atoms with Crippen molar-refractivity contribution < 1.29 is 13.9 Å². The molecule has 2 aliphatic rings. The zero-order valence-corrected chi connectivity index (χ0v) is 17.1. The van der Waals surface area contributed by atoms with Crippen LogP contribution >= 0.6 is 0 Å². The molecule has 1 saturated heterocycles. The van der Waals surface area contributed by atoms with Crippen molar-refractivity contribution >= 4 is 22.9 Å². The van der Waals surface area contributed by atoms with Crippen molar-refractivity contribution in [2.75, 3.05) is 31.6 Å². The maximum Gasteiger partial charge on any atom is 0.225 e. The van der Waals surface area contributed by atoms with E-state index in [0.29, 0.717) is 43.3 Å². The summed E-state index contributed by atoms with van der Waals surface area (Å²) >= 11 is 0. The third-order valence-electron chi connectivity index (χ3n) is 6.01. The van der Waals surface area contributed by atoms with Crippen molar-refractivity contribution in [3.63, 3.8) is 0 Å². The van der Waals surface area contributed by atoms with Crippen LogP contribution in [-0.2, 0) is 9.53 Å². The Bertz CT molecular complexity index is 1070. The summed E-state index contributed by atoms with van der Waals surface area (Å²) in [6, 6.07) is 7.46. The highest BCUT2D eigenvalue weighted by molar-refractivity contribution is 5.79. The fraction of sp³-hybridized carbons (Fsp3) is 0.476. The first kappa shape index (κ1) is 19.8. The number of para-hydroxylation sites is 1. The van der Waals surface area contributed by atoms with Gasteiger partial charge in [-0.05, 0) is 37.8 Å². The van der Waals surface area contributed by atoms with Crippen molar-refractivity contribution in [1.82, 2.24) is 29.9 Å². The van der Waals surface area contributed by atoms with Gasteiger partial charge in [-0.3, -0.25) is 4.79 Å². The summed E-state index contributed by atoms with van der Waals surface area (Å²) in [5.74, 6) is 0.129. The molecule has 0 radical (unpaired) electrons. The Morgan fingerprint density at radius 1 is 1.13 bits per heavy atom. The maximum atomic E-state index is 14.5. The quantitative estimate of drug-likeness (QED) is 0.684. The summed E-state index contributed by atoms with van der Waals surface area (Å²) in [5.41, 5.74) is 1.34. The minimum atomic E-state index is -0.569. The Balaban J connectivity index is 1.25. The van der Waals surface area contributed by atoms with Crippen molar-refractivity contribution in [3.8, 4) is 5.82 Å². The minimum absolute atomic E-state index is 0.0577. The number of carbonyl (C=O) groups excluding carboxylic acids is 1. The normalized spacial score (nSPS) is 21.9. The molecule has 3 heterocycles. The van der Waals surface area contributed by atoms with E-state index in [0.717, 1.165) is 31.9 Å². The molecule has 0 bridgehead atoms. The fourth-order valence-corrected chi connectivity index (χ4v) is 4.31. The van der Waals surface area contributed by atoms with Crippen LogP contribution in [0.2, 0.25) is 0 Å². The minimum Gasteiger partial charge on any atom is -0.378 e. The number of aromatic nitrogens is 5. The van der Waals surface area contributed by atoms with Gasteiger partial charge < -0.3 is 15.0 Å². The van der Waals surface area contributed by atoms with Gasteiger partial charge in [0.1, 0.15) is 5.52 Å². The van der Waals surface area contributed by atoms with Gasteiger partial charge in [0.2, 0.25) is 11.9 Å². The number of benzene rings is 1. The molecule has 9 nitrogen and oxygen atoms in total. The first-order chi connectivity index (χ1) is 15.2. The molecule has 0 atom stereocenters. The van der Waals surface area contributed by atoms with Gasteiger partial charge in [0.05, 0.1) is 24.9 Å². The molecule has 31 heavy (non-hydrogen) atoms. The second-order valence-corrected chi connectivity index (χ2v) is 7.99. The maximum absolute atomic E-state index is 14.5. The van der Waals surface area contributed by atoms with Crippen LogP contribution < -0.4 is 5.32 Å². The third kappa shape index (κ3) is 4.07. The largest absolute Gasteiger partial charge is 0.378 e. The molecule has 1 saturated carbocycles. The predicted octanol–water partition coefficient (Wildman–Crippen LogP) is 2.18. The summed E-state index contributed by atoms with van der Waals surface area (Å²) in [6.45, 7) is 2.60. The Morgan fingerprint density at radius 3 is 2.71 bits per heavy atom. The van der Waals surface area contributed by atoms with E-state index in [1.54, 1.807) is 0 Å². The van der Waals surface area contributed by atoms with E-state index in [1.807, 2.05) is 29.2 Å². The first-order valence-corrected chi connectivity index (χ1v) is 10.7. The van der Waals surface area contributed by atoms with E-state index in [-0.39, 0.29) is 23.7 Å².